The Morgan fingerprint density at radius 1 is 1.10 bits per heavy atom. The number of nitrogens with zero attached hydrogens (tertiary/aromatic N) is 3. The van der Waals surface area contributed by atoms with Gasteiger partial charge in [0, 0.05) is 55.2 Å². The molecule has 0 atom stereocenters. The number of aryl methyl sites for hydroxylation is 1. The number of carbonyl (C=O) groups is 3. The van der Waals surface area contributed by atoms with E-state index in [0.717, 1.165) is 24.9 Å². The maximum atomic E-state index is 11.9. The monoisotopic (exact) mass is 571 g/mol. The van der Waals surface area contributed by atoms with Gasteiger partial charge >= 0.3 is 5.97 Å². The molecule has 1 aromatic carbocycles. The van der Waals surface area contributed by atoms with Gasteiger partial charge in [0.2, 0.25) is 5.89 Å². The van der Waals surface area contributed by atoms with Gasteiger partial charge in [-0.05, 0) is 43.5 Å². The lowest BCUT2D eigenvalue weighted by Gasteiger charge is -2.12. The molecule has 0 unspecified atom stereocenters. The third kappa shape index (κ3) is 8.71. The van der Waals surface area contributed by atoms with Crippen molar-refractivity contribution >= 4 is 51.2 Å². The number of imide groups is 1. The van der Waals surface area contributed by atoms with Gasteiger partial charge in [-0.1, -0.05) is 0 Å². The van der Waals surface area contributed by atoms with Crippen molar-refractivity contribution in [1.29, 1.82) is 0 Å². The van der Waals surface area contributed by atoms with E-state index in [1.54, 1.807) is 24.3 Å². The highest BCUT2D eigenvalue weighted by Crippen LogP contribution is 2.23. The van der Waals surface area contributed by atoms with Crippen LogP contribution in [0.2, 0.25) is 0 Å². The van der Waals surface area contributed by atoms with Gasteiger partial charge in [-0.15, -0.1) is 5.06 Å². The molecule has 12 nitrogen and oxygen atoms in total. The molecule has 0 bridgehead atoms. The topological polar surface area (TPSA) is 160 Å². The highest BCUT2D eigenvalue weighted by Gasteiger charge is 2.32. The molecule has 0 spiro atoms. The van der Waals surface area contributed by atoms with Crippen LogP contribution in [0.5, 0.6) is 5.75 Å². The lowest BCUT2D eigenvalue weighted by molar-refractivity contribution is -0.697. The first kappa shape index (κ1) is 28.9. The molecule has 13 heteroatoms. The number of rotatable bonds is 14. The number of oxazole rings is 1. The molecule has 4 rings (SSSR count). The summed E-state index contributed by atoms with van der Waals surface area (Å²) < 4.78 is 45.3. The summed E-state index contributed by atoms with van der Waals surface area (Å²) in [5.74, 6) is -1.13. The van der Waals surface area contributed by atoms with Crippen molar-refractivity contribution in [2.24, 2.45) is 0 Å². The second-order valence-electron chi connectivity index (χ2n) is 9.21. The lowest BCUT2D eigenvalue weighted by Crippen LogP contribution is -2.33. The molecule has 3 heterocycles. The Hall–Kier alpha value is -4.10. The number of aromatic nitrogens is 2. The maximum absolute atomic E-state index is 11.9. The van der Waals surface area contributed by atoms with Crippen molar-refractivity contribution in [3.05, 3.63) is 54.2 Å². The first-order valence-electron chi connectivity index (χ1n) is 12.9. The van der Waals surface area contributed by atoms with Crippen LogP contribution in [0.15, 0.2) is 47.1 Å². The number of hydrogen-bond donors (Lipinski definition) is 0. The minimum Gasteiger partial charge on any atom is -0.748 e. The van der Waals surface area contributed by atoms with Gasteiger partial charge in [0.25, 0.3) is 11.8 Å². The molecule has 0 saturated carbocycles. The Morgan fingerprint density at radius 3 is 2.67 bits per heavy atom. The zero-order valence-corrected chi connectivity index (χ0v) is 22.5. The summed E-state index contributed by atoms with van der Waals surface area (Å²) in [5, 5.41) is 0.572. The Balaban J connectivity index is 1.22. The minimum absolute atomic E-state index is 0.0764. The van der Waals surface area contributed by atoms with Crippen LogP contribution in [0, 0.1) is 0 Å². The fourth-order valence-electron chi connectivity index (χ4n) is 4.00. The number of fused-ring (bicyclic) bond motifs is 1. The number of pyridine rings is 1. The van der Waals surface area contributed by atoms with E-state index >= 15 is 0 Å². The average molecular weight is 572 g/mol. The van der Waals surface area contributed by atoms with Crippen LogP contribution in [-0.4, -0.2) is 53.2 Å². The van der Waals surface area contributed by atoms with Gasteiger partial charge in [0.15, 0.2) is 18.0 Å². The molecule has 2 aromatic heterocycles. The summed E-state index contributed by atoms with van der Waals surface area (Å²) in [4.78, 5) is 44.2. The Labute approximate surface area is 230 Å². The smallest absolute Gasteiger partial charge is 0.333 e. The normalized spacial score (nSPS) is 14.0. The molecule has 2 amide bonds. The van der Waals surface area contributed by atoms with Gasteiger partial charge in [0.1, 0.15) is 17.8 Å². The summed E-state index contributed by atoms with van der Waals surface area (Å²) in [6, 6.07) is 8.96. The zero-order valence-electron chi connectivity index (χ0n) is 21.7. The van der Waals surface area contributed by atoms with Crippen molar-refractivity contribution in [1.82, 2.24) is 10.0 Å². The molecule has 0 radical (unpaired) electrons. The number of carbonyl (C=O) groups excluding carboxylic acids is 3. The summed E-state index contributed by atoms with van der Waals surface area (Å²) in [7, 11) is -4.26. The highest BCUT2D eigenvalue weighted by molar-refractivity contribution is 7.85. The van der Waals surface area contributed by atoms with E-state index in [1.165, 1.54) is 0 Å². The van der Waals surface area contributed by atoms with Crippen LogP contribution in [0.4, 0.5) is 0 Å². The van der Waals surface area contributed by atoms with Crippen LogP contribution in [-0.2, 0) is 35.9 Å². The van der Waals surface area contributed by atoms with Crippen LogP contribution >= 0.6 is 0 Å². The van der Waals surface area contributed by atoms with Gasteiger partial charge in [-0.2, -0.15) is 0 Å². The van der Waals surface area contributed by atoms with Crippen molar-refractivity contribution < 1.29 is 45.9 Å². The van der Waals surface area contributed by atoms with Gasteiger partial charge in [-0.25, -0.2) is 22.8 Å². The molecule has 1 aliphatic heterocycles. The van der Waals surface area contributed by atoms with E-state index in [0.29, 0.717) is 34.2 Å². The summed E-state index contributed by atoms with van der Waals surface area (Å²) in [6.07, 6.45) is 10.1. The first-order valence-corrected chi connectivity index (χ1v) is 14.4. The average Bonchev–Trinajstić information content (AvgIpc) is 3.47. The second kappa shape index (κ2) is 13.3. The quantitative estimate of drug-likeness (QED) is 0.122. The van der Waals surface area contributed by atoms with Crippen molar-refractivity contribution in [3.63, 3.8) is 0 Å². The van der Waals surface area contributed by atoms with E-state index in [9.17, 15) is 27.4 Å². The number of amides is 2. The van der Waals surface area contributed by atoms with E-state index in [4.69, 9.17) is 14.0 Å². The highest BCUT2D eigenvalue weighted by atomic mass is 32.2. The Morgan fingerprint density at radius 2 is 1.90 bits per heavy atom. The van der Waals surface area contributed by atoms with Crippen molar-refractivity contribution in [3.8, 4) is 5.75 Å². The second-order valence-corrected chi connectivity index (χ2v) is 10.7. The third-order valence-corrected chi connectivity index (χ3v) is 6.77. The number of hydroxylamine groups is 2. The predicted molar refractivity (Wildman–Crippen MR) is 140 cm³/mol. The van der Waals surface area contributed by atoms with Crippen molar-refractivity contribution in [2.75, 3.05) is 12.4 Å². The predicted octanol–water partition coefficient (Wildman–Crippen LogP) is 2.77. The van der Waals surface area contributed by atoms with E-state index in [-0.39, 0.29) is 32.3 Å². The molecular formula is C27H29N3O9S. The molecule has 3 aromatic rings. The van der Waals surface area contributed by atoms with Crippen LogP contribution in [0.3, 0.4) is 0 Å². The van der Waals surface area contributed by atoms with Gasteiger partial charge in [0.05, 0.1) is 16.7 Å². The summed E-state index contributed by atoms with van der Waals surface area (Å²) in [6.45, 7) is 0.837. The third-order valence-electron chi connectivity index (χ3n) is 5.98. The van der Waals surface area contributed by atoms with Gasteiger partial charge in [-0.3, -0.25) is 9.59 Å². The first-order chi connectivity index (χ1) is 19.2. The molecule has 1 fully saturated rings. The molecule has 0 aliphatic carbocycles. The maximum Gasteiger partial charge on any atom is 0.333 e. The summed E-state index contributed by atoms with van der Waals surface area (Å²) in [5.41, 5.74) is 2.09. The Bertz CT molecular complexity index is 1500. The Kier molecular flexibility index (Phi) is 9.61. The number of benzene rings is 1. The largest absolute Gasteiger partial charge is 0.748 e. The molecule has 212 valence electrons. The molecule has 1 aliphatic rings. The van der Waals surface area contributed by atoms with E-state index in [2.05, 4.69) is 4.98 Å². The number of ether oxygens (including phenoxy) is 1. The zero-order chi connectivity index (χ0) is 28.5. The fourth-order valence-corrected chi connectivity index (χ4v) is 4.47. The SMILES string of the molecule is O=C(CCCCC[n+]1cccc(/C=C/c2nc3ccc(OCCCS(=O)(=O)[O-])cc3o2)c1)ON1C(=O)CCC1=O. The van der Waals surface area contributed by atoms with Crippen LogP contribution in [0.1, 0.15) is 56.4 Å². The molecule has 1 saturated heterocycles. The van der Waals surface area contributed by atoms with E-state index < -0.39 is 33.7 Å². The van der Waals surface area contributed by atoms with Crippen LogP contribution < -0.4 is 9.30 Å². The summed E-state index contributed by atoms with van der Waals surface area (Å²) >= 11 is 0. The van der Waals surface area contributed by atoms with E-state index in [1.807, 2.05) is 35.2 Å². The standard InChI is InChI=1S/C27H29N3O9S/c31-25-12-13-26(32)30(25)39-27(33)7-2-1-3-14-29-15-4-6-20(19-29)8-11-24-28-22-10-9-21(18-23(22)38-24)37-16-5-17-40(34,35)36/h4,6,8-11,15,18-19H,1-3,5,7,12-14,16-17H2/b11-8+. The number of hydrogen-bond acceptors (Lipinski definition) is 10. The van der Waals surface area contributed by atoms with Crippen LogP contribution in [0.25, 0.3) is 23.3 Å². The molecule has 0 N–H and O–H groups in total. The van der Waals surface area contributed by atoms with Gasteiger partial charge < -0.3 is 18.5 Å². The van der Waals surface area contributed by atoms with Crippen molar-refractivity contribution in [2.45, 2.75) is 51.5 Å². The number of unbranched alkanes of at least 4 members (excludes halogenated alkanes) is 2. The molecule has 40 heavy (non-hydrogen) atoms. The lowest BCUT2D eigenvalue weighted by atomic mass is 10.2. The minimum atomic E-state index is -4.26. The molecular weight excluding hydrogens is 542 g/mol. The fraction of sp³-hybridized carbons (Fsp3) is 0.370.